The van der Waals surface area contributed by atoms with E-state index in [0.29, 0.717) is 6.54 Å². The van der Waals surface area contributed by atoms with Crippen LogP contribution in [-0.2, 0) is 0 Å². The zero-order chi connectivity index (χ0) is 16.8. The molecule has 2 amide bonds. The van der Waals surface area contributed by atoms with Crippen molar-refractivity contribution in [3.05, 3.63) is 46.9 Å². The number of piperidine rings is 1. The van der Waals surface area contributed by atoms with Crippen molar-refractivity contribution in [1.82, 2.24) is 15.6 Å². The number of nitrogens with one attached hydrogen (secondary N) is 2. The van der Waals surface area contributed by atoms with E-state index in [0.717, 1.165) is 30.9 Å². The van der Waals surface area contributed by atoms with Crippen LogP contribution in [0.1, 0.15) is 30.7 Å². The topological polar surface area (TPSA) is 57.3 Å². The summed E-state index contributed by atoms with van der Waals surface area (Å²) < 4.78 is 0. The Balaban J connectivity index is 1.39. The Bertz CT molecular complexity index is 624. The Morgan fingerprint density at radius 1 is 1.33 bits per heavy atom. The normalized spacial score (nSPS) is 16.6. The monoisotopic (exact) mass is 344 g/mol. The third-order valence-corrected chi connectivity index (χ3v) is 5.40. The largest absolute Gasteiger partial charge is 0.371 e. The summed E-state index contributed by atoms with van der Waals surface area (Å²) in [5.74, 6) is 0.246. The highest BCUT2D eigenvalue weighted by Crippen LogP contribution is 2.19. The number of hydrogen-bond donors (Lipinski definition) is 2. The SMILES string of the molecule is C[C@H](CNC(=O)NC1CCN(c2ccccc2)CC1)c1nccs1. The van der Waals surface area contributed by atoms with Crippen LogP contribution in [-0.4, -0.2) is 36.7 Å². The van der Waals surface area contributed by atoms with E-state index < -0.39 is 0 Å². The predicted octanol–water partition coefficient (Wildman–Crippen LogP) is 3.21. The summed E-state index contributed by atoms with van der Waals surface area (Å²) >= 11 is 1.63. The second-order valence-corrected chi connectivity index (χ2v) is 7.15. The summed E-state index contributed by atoms with van der Waals surface area (Å²) in [6.45, 7) is 4.65. The number of carbonyl (C=O) groups is 1. The molecule has 1 saturated heterocycles. The molecule has 3 rings (SSSR count). The van der Waals surface area contributed by atoms with E-state index in [1.165, 1.54) is 5.69 Å². The first-order chi connectivity index (χ1) is 11.7. The van der Waals surface area contributed by atoms with Gasteiger partial charge in [-0.3, -0.25) is 0 Å². The Morgan fingerprint density at radius 2 is 2.08 bits per heavy atom. The number of hydrogen-bond acceptors (Lipinski definition) is 4. The number of carbonyl (C=O) groups excluding carboxylic acids is 1. The molecule has 24 heavy (non-hydrogen) atoms. The van der Waals surface area contributed by atoms with E-state index in [2.05, 4.69) is 51.7 Å². The van der Waals surface area contributed by atoms with Crippen LogP contribution in [0.4, 0.5) is 10.5 Å². The number of para-hydroxylation sites is 1. The van der Waals surface area contributed by atoms with Gasteiger partial charge >= 0.3 is 6.03 Å². The molecule has 2 heterocycles. The summed E-state index contributed by atoms with van der Waals surface area (Å²) in [6, 6.07) is 10.6. The van der Waals surface area contributed by atoms with Crippen LogP contribution in [0, 0.1) is 0 Å². The maximum Gasteiger partial charge on any atom is 0.315 e. The lowest BCUT2D eigenvalue weighted by atomic mass is 10.0. The van der Waals surface area contributed by atoms with Crippen molar-refractivity contribution in [2.75, 3.05) is 24.5 Å². The Labute approximate surface area is 147 Å². The van der Waals surface area contributed by atoms with E-state index in [4.69, 9.17) is 0 Å². The van der Waals surface area contributed by atoms with Crippen LogP contribution >= 0.6 is 11.3 Å². The molecule has 5 nitrogen and oxygen atoms in total. The highest BCUT2D eigenvalue weighted by Gasteiger charge is 2.21. The van der Waals surface area contributed by atoms with Gasteiger partial charge < -0.3 is 15.5 Å². The molecule has 0 saturated carbocycles. The summed E-state index contributed by atoms with van der Waals surface area (Å²) in [5, 5.41) is 9.09. The number of amides is 2. The molecule has 2 N–H and O–H groups in total. The quantitative estimate of drug-likeness (QED) is 0.876. The fourth-order valence-corrected chi connectivity index (χ4v) is 3.67. The van der Waals surface area contributed by atoms with E-state index in [1.54, 1.807) is 17.5 Å². The van der Waals surface area contributed by atoms with Crippen LogP contribution in [0.2, 0.25) is 0 Å². The first kappa shape index (κ1) is 16.8. The van der Waals surface area contributed by atoms with Crippen molar-refractivity contribution in [3.8, 4) is 0 Å². The first-order valence-electron chi connectivity index (χ1n) is 8.46. The average molecular weight is 344 g/mol. The van der Waals surface area contributed by atoms with Gasteiger partial charge in [0.05, 0.1) is 5.01 Å². The zero-order valence-corrected chi connectivity index (χ0v) is 14.8. The van der Waals surface area contributed by atoms with Gasteiger partial charge in [0, 0.05) is 48.9 Å². The fraction of sp³-hybridized carbons (Fsp3) is 0.444. The number of rotatable bonds is 5. The van der Waals surface area contributed by atoms with Crippen molar-refractivity contribution >= 4 is 23.1 Å². The molecule has 0 bridgehead atoms. The minimum Gasteiger partial charge on any atom is -0.371 e. The number of thiazole rings is 1. The van der Waals surface area contributed by atoms with E-state index in [-0.39, 0.29) is 18.0 Å². The smallest absolute Gasteiger partial charge is 0.315 e. The van der Waals surface area contributed by atoms with Gasteiger partial charge in [0.2, 0.25) is 0 Å². The van der Waals surface area contributed by atoms with Crippen LogP contribution in [0.3, 0.4) is 0 Å². The average Bonchev–Trinajstić information content (AvgIpc) is 3.16. The molecule has 1 aliphatic rings. The van der Waals surface area contributed by atoms with Crippen molar-refractivity contribution < 1.29 is 4.79 Å². The standard InChI is InChI=1S/C18H24N4OS/c1-14(17-19-9-12-24-17)13-20-18(23)21-15-7-10-22(11-8-15)16-5-3-2-4-6-16/h2-6,9,12,14-15H,7-8,10-11,13H2,1H3,(H2,20,21,23)/t14-/m1/s1. The second-order valence-electron chi connectivity index (χ2n) is 6.22. The summed E-state index contributed by atoms with van der Waals surface area (Å²) in [4.78, 5) is 18.7. The minimum absolute atomic E-state index is 0.0726. The van der Waals surface area contributed by atoms with Gasteiger partial charge in [-0.15, -0.1) is 11.3 Å². The van der Waals surface area contributed by atoms with Crippen LogP contribution in [0.25, 0.3) is 0 Å². The molecule has 1 fully saturated rings. The van der Waals surface area contributed by atoms with Crippen molar-refractivity contribution in [2.24, 2.45) is 0 Å². The molecule has 6 heteroatoms. The molecular formula is C18H24N4OS. The van der Waals surface area contributed by atoms with Crippen LogP contribution in [0.5, 0.6) is 0 Å². The molecule has 0 aliphatic carbocycles. The first-order valence-corrected chi connectivity index (χ1v) is 9.34. The van der Waals surface area contributed by atoms with E-state index >= 15 is 0 Å². The predicted molar refractivity (Wildman–Crippen MR) is 98.7 cm³/mol. The highest BCUT2D eigenvalue weighted by molar-refractivity contribution is 7.09. The highest BCUT2D eigenvalue weighted by atomic mass is 32.1. The fourth-order valence-electron chi connectivity index (χ4n) is 2.97. The summed E-state index contributed by atoms with van der Waals surface area (Å²) in [6.07, 6.45) is 3.76. The molecule has 0 spiro atoms. The van der Waals surface area contributed by atoms with Gasteiger partial charge in [-0.1, -0.05) is 25.1 Å². The molecule has 128 valence electrons. The molecule has 1 aromatic heterocycles. The van der Waals surface area contributed by atoms with Gasteiger partial charge in [-0.25, -0.2) is 9.78 Å². The van der Waals surface area contributed by atoms with Gasteiger partial charge in [0.15, 0.2) is 0 Å². The van der Waals surface area contributed by atoms with Crippen LogP contribution in [0.15, 0.2) is 41.9 Å². The van der Waals surface area contributed by atoms with E-state index in [1.807, 2.05) is 11.4 Å². The molecule has 1 aromatic carbocycles. The maximum atomic E-state index is 12.1. The molecule has 1 atom stereocenters. The molecule has 0 radical (unpaired) electrons. The van der Waals surface area contributed by atoms with Gasteiger partial charge in [-0.2, -0.15) is 0 Å². The van der Waals surface area contributed by atoms with Gasteiger partial charge in [-0.05, 0) is 25.0 Å². The minimum atomic E-state index is -0.0726. The lowest BCUT2D eigenvalue weighted by molar-refractivity contribution is 0.234. The Kier molecular flexibility index (Phi) is 5.69. The molecule has 1 aliphatic heterocycles. The lowest BCUT2D eigenvalue weighted by Gasteiger charge is -2.34. The van der Waals surface area contributed by atoms with Crippen molar-refractivity contribution in [1.29, 1.82) is 0 Å². The summed E-state index contributed by atoms with van der Waals surface area (Å²) in [5.41, 5.74) is 1.26. The number of urea groups is 1. The Morgan fingerprint density at radius 3 is 2.75 bits per heavy atom. The second kappa shape index (κ2) is 8.15. The Hall–Kier alpha value is -2.08. The van der Waals surface area contributed by atoms with Crippen molar-refractivity contribution in [2.45, 2.75) is 31.7 Å². The number of benzene rings is 1. The zero-order valence-electron chi connectivity index (χ0n) is 13.9. The van der Waals surface area contributed by atoms with Crippen LogP contribution < -0.4 is 15.5 Å². The number of aromatic nitrogens is 1. The molecule has 2 aromatic rings. The third-order valence-electron chi connectivity index (χ3n) is 4.39. The van der Waals surface area contributed by atoms with E-state index in [9.17, 15) is 4.79 Å². The van der Waals surface area contributed by atoms with Crippen molar-refractivity contribution in [3.63, 3.8) is 0 Å². The van der Waals surface area contributed by atoms with Gasteiger partial charge in [0.1, 0.15) is 0 Å². The van der Waals surface area contributed by atoms with Gasteiger partial charge in [0.25, 0.3) is 0 Å². The summed E-state index contributed by atoms with van der Waals surface area (Å²) in [7, 11) is 0. The number of nitrogens with zero attached hydrogens (tertiary/aromatic N) is 2. The molecule has 0 unspecified atom stereocenters. The lowest BCUT2D eigenvalue weighted by Crippen LogP contribution is -2.48. The maximum absolute atomic E-state index is 12.1. The molecular weight excluding hydrogens is 320 g/mol. The number of anilines is 1. The third kappa shape index (κ3) is 4.47.